The number of hydrogen-bond donors (Lipinski definition) is 1. The molecule has 0 radical (unpaired) electrons. The number of imidazole rings is 1. The fourth-order valence-electron chi connectivity index (χ4n) is 2.29. The number of para-hydroxylation sites is 1. The molecule has 102 valence electrons. The van der Waals surface area contributed by atoms with E-state index in [0.29, 0.717) is 12.5 Å². The van der Waals surface area contributed by atoms with Crippen LogP contribution in [0.2, 0.25) is 0 Å². The number of fused-ring (bicyclic) bond motifs is 1. The lowest BCUT2D eigenvalue weighted by atomic mass is 10.2. The van der Waals surface area contributed by atoms with Crippen LogP contribution in [0.1, 0.15) is 11.1 Å². The van der Waals surface area contributed by atoms with Crippen LogP contribution in [-0.2, 0) is 6.54 Å². The fraction of sp³-hybridized carbons (Fsp3) is 0.200. The maximum absolute atomic E-state index is 6.01. The molecule has 3 rings (SSSR count). The summed E-state index contributed by atoms with van der Waals surface area (Å²) in [6, 6.07) is 9.85. The number of hydrogen-bond acceptors (Lipinski definition) is 4. The Morgan fingerprint density at radius 3 is 2.90 bits per heavy atom. The smallest absolute Gasteiger partial charge is 0.202 e. The third kappa shape index (κ3) is 2.07. The Morgan fingerprint density at radius 2 is 2.10 bits per heavy atom. The molecule has 5 nitrogen and oxygen atoms in total. The van der Waals surface area contributed by atoms with E-state index in [1.807, 2.05) is 48.0 Å². The summed E-state index contributed by atoms with van der Waals surface area (Å²) in [6.07, 6.45) is 1.82. The van der Waals surface area contributed by atoms with Gasteiger partial charge in [-0.25, -0.2) is 9.97 Å². The average Bonchev–Trinajstić information content (AvgIpc) is 2.75. The standard InChI is InChI=1S/C15H16N4O/c1-10-7-12-14(17-8-10)19(15(16)18-12)9-11-5-3-4-6-13(11)20-2/h3-8H,9H2,1-2H3,(H2,16,18). The molecule has 2 aromatic heterocycles. The van der Waals surface area contributed by atoms with Crippen molar-refractivity contribution in [1.29, 1.82) is 0 Å². The highest BCUT2D eigenvalue weighted by molar-refractivity contribution is 5.74. The van der Waals surface area contributed by atoms with E-state index in [-0.39, 0.29) is 0 Å². The summed E-state index contributed by atoms with van der Waals surface area (Å²) in [5, 5.41) is 0. The first kappa shape index (κ1) is 12.5. The van der Waals surface area contributed by atoms with Crippen LogP contribution in [-0.4, -0.2) is 21.6 Å². The van der Waals surface area contributed by atoms with Gasteiger partial charge >= 0.3 is 0 Å². The molecule has 5 heteroatoms. The van der Waals surface area contributed by atoms with Crippen molar-refractivity contribution in [2.45, 2.75) is 13.5 Å². The molecular weight excluding hydrogens is 252 g/mol. The van der Waals surface area contributed by atoms with Gasteiger partial charge in [-0.05, 0) is 24.6 Å². The van der Waals surface area contributed by atoms with Crippen molar-refractivity contribution in [1.82, 2.24) is 14.5 Å². The van der Waals surface area contributed by atoms with E-state index in [4.69, 9.17) is 10.5 Å². The normalized spacial score (nSPS) is 10.9. The number of anilines is 1. The van der Waals surface area contributed by atoms with Crippen molar-refractivity contribution < 1.29 is 4.74 Å². The van der Waals surface area contributed by atoms with Gasteiger partial charge in [0.25, 0.3) is 0 Å². The quantitative estimate of drug-likeness (QED) is 0.792. The van der Waals surface area contributed by atoms with Crippen molar-refractivity contribution in [3.05, 3.63) is 47.7 Å². The van der Waals surface area contributed by atoms with Gasteiger partial charge in [0.05, 0.1) is 13.7 Å². The summed E-state index contributed by atoms with van der Waals surface area (Å²) in [6.45, 7) is 2.57. The maximum Gasteiger partial charge on any atom is 0.202 e. The predicted molar refractivity (Wildman–Crippen MR) is 78.8 cm³/mol. The molecule has 0 unspecified atom stereocenters. The number of nitrogens with zero attached hydrogens (tertiary/aromatic N) is 3. The lowest BCUT2D eigenvalue weighted by molar-refractivity contribution is 0.408. The molecule has 1 aromatic carbocycles. The zero-order valence-corrected chi connectivity index (χ0v) is 11.5. The number of methoxy groups -OCH3 is 1. The second-order valence-electron chi connectivity index (χ2n) is 4.72. The zero-order chi connectivity index (χ0) is 14.1. The summed E-state index contributed by atoms with van der Waals surface area (Å²) >= 11 is 0. The van der Waals surface area contributed by atoms with E-state index in [0.717, 1.165) is 28.0 Å². The number of rotatable bonds is 3. The van der Waals surface area contributed by atoms with Gasteiger partial charge in [0.2, 0.25) is 5.95 Å². The van der Waals surface area contributed by atoms with E-state index in [2.05, 4.69) is 9.97 Å². The van der Waals surface area contributed by atoms with Crippen molar-refractivity contribution in [2.75, 3.05) is 12.8 Å². The largest absolute Gasteiger partial charge is 0.496 e. The van der Waals surface area contributed by atoms with Crippen molar-refractivity contribution in [3.8, 4) is 5.75 Å². The molecule has 0 aliphatic carbocycles. The molecule has 0 amide bonds. The van der Waals surface area contributed by atoms with Crippen LogP contribution in [0.15, 0.2) is 36.5 Å². The number of nitrogens with two attached hydrogens (primary N) is 1. The molecular formula is C15H16N4O. The minimum absolute atomic E-state index is 0.462. The molecule has 0 bridgehead atoms. The van der Waals surface area contributed by atoms with Gasteiger partial charge in [-0.3, -0.25) is 4.57 Å². The third-order valence-corrected chi connectivity index (χ3v) is 3.27. The van der Waals surface area contributed by atoms with Gasteiger partial charge < -0.3 is 10.5 Å². The fourth-order valence-corrected chi connectivity index (χ4v) is 2.29. The Morgan fingerprint density at radius 1 is 1.30 bits per heavy atom. The lowest BCUT2D eigenvalue weighted by Gasteiger charge is -2.10. The Hall–Kier alpha value is -2.56. The molecule has 0 aliphatic rings. The monoisotopic (exact) mass is 268 g/mol. The Bertz CT molecular complexity index is 764. The van der Waals surface area contributed by atoms with Crippen LogP contribution >= 0.6 is 0 Å². The number of pyridine rings is 1. The van der Waals surface area contributed by atoms with Crippen LogP contribution in [0, 0.1) is 6.92 Å². The average molecular weight is 268 g/mol. The summed E-state index contributed by atoms with van der Waals surface area (Å²) < 4.78 is 7.27. The predicted octanol–water partition coefficient (Wildman–Crippen LogP) is 2.38. The first-order valence-corrected chi connectivity index (χ1v) is 6.39. The van der Waals surface area contributed by atoms with Gasteiger partial charge in [0.15, 0.2) is 5.65 Å². The number of aryl methyl sites for hydroxylation is 1. The van der Waals surface area contributed by atoms with Gasteiger partial charge in [-0.2, -0.15) is 0 Å². The number of aromatic nitrogens is 3. The van der Waals surface area contributed by atoms with Crippen LogP contribution in [0.4, 0.5) is 5.95 Å². The molecule has 20 heavy (non-hydrogen) atoms. The number of ether oxygens (including phenoxy) is 1. The molecule has 3 aromatic rings. The minimum Gasteiger partial charge on any atom is -0.496 e. The van der Waals surface area contributed by atoms with Crippen molar-refractivity contribution >= 4 is 17.1 Å². The highest BCUT2D eigenvalue weighted by Gasteiger charge is 2.11. The van der Waals surface area contributed by atoms with Crippen molar-refractivity contribution in [3.63, 3.8) is 0 Å². The van der Waals surface area contributed by atoms with Gasteiger partial charge in [-0.15, -0.1) is 0 Å². The first-order chi connectivity index (χ1) is 9.69. The van der Waals surface area contributed by atoms with Crippen molar-refractivity contribution in [2.24, 2.45) is 0 Å². The van der Waals surface area contributed by atoms with E-state index >= 15 is 0 Å². The SMILES string of the molecule is COc1ccccc1Cn1c(N)nc2cc(C)cnc21. The van der Waals surface area contributed by atoms with Crippen LogP contribution in [0.3, 0.4) is 0 Å². The highest BCUT2D eigenvalue weighted by Crippen LogP contribution is 2.23. The van der Waals surface area contributed by atoms with Gasteiger partial charge in [-0.1, -0.05) is 18.2 Å². The summed E-state index contributed by atoms with van der Waals surface area (Å²) in [5.74, 6) is 1.30. The van der Waals surface area contributed by atoms with Gasteiger partial charge in [0, 0.05) is 11.8 Å². The van der Waals surface area contributed by atoms with E-state index < -0.39 is 0 Å². The molecule has 0 saturated heterocycles. The first-order valence-electron chi connectivity index (χ1n) is 6.39. The summed E-state index contributed by atoms with van der Waals surface area (Å²) in [7, 11) is 1.66. The van der Waals surface area contributed by atoms with Crippen LogP contribution in [0.5, 0.6) is 5.75 Å². The molecule has 2 N–H and O–H groups in total. The van der Waals surface area contributed by atoms with E-state index in [1.54, 1.807) is 7.11 Å². The Labute approximate surface area is 117 Å². The van der Waals surface area contributed by atoms with E-state index in [1.165, 1.54) is 0 Å². The molecule has 2 heterocycles. The number of benzene rings is 1. The molecule has 0 aliphatic heterocycles. The molecule has 0 saturated carbocycles. The van der Waals surface area contributed by atoms with Crippen LogP contribution in [0.25, 0.3) is 11.2 Å². The second-order valence-corrected chi connectivity index (χ2v) is 4.72. The Balaban J connectivity index is 2.08. The topological polar surface area (TPSA) is 66.0 Å². The maximum atomic E-state index is 6.01. The van der Waals surface area contributed by atoms with E-state index in [9.17, 15) is 0 Å². The second kappa shape index (κ2) is 4.85. The van der Waals surface area contributed by atoms with Crippen LogP contribution < -0.4 is 10.5 Å². The highest BCUT2D eigenvalue weighted by atomic mass is 16.5. The molecule has 0 spiro atoms. The third-order valence-electron chi connectivity index (χ3n) is 3.27. The van der Waals surface area contributed by atoms with Gasteiger partial charge in [0.1, 0.15) is 11.3 Å². The lowest BCUT2D eigenvalue weighted by Crippen LogP contribution is -2.06. The molecule has 0 atom stereocenters. The number of nitrogen functional groups attached to an aromatic ring is 1. The Kier molecular flexibility index (Phi) is 3.02. The minimum atomic E-state index is 0.462. The zero-order valence-electron chi connectivity index (χ0n) is 11.5. The summed E-state index contributed by atoms with van der Waals surface area (Å²) in [4.78, 5) is 8.80. The summed E-state index contributed by atoms with van der Waals surface area (Å²) in [5.41, 5.74) is 9.74. The molecule has 0 fully saturated rings.